The molecule has 0 saturated heterocycles. The number of aliphatic hydroxyl groups excluding tert-OH is 1. The second kappa shape index (κ2) is 7.42. The van der Waals surface area contributed by atoms with Crippen LogP contribution < -0.4 is 0 Å². The molecule has 3 saturated carbocycles. The molecule has 4 aliphatic carbocycles. The SMILES string of the molecule is C[C@@]12CCC(=O)C=C1CC[C@@H]1[C@@H]2[C@H](O)C[C@]2(C)[C@@H]1CC[C@]2(O)C(=O)COC(=O)CCl. The molecule has 0 heterocycles. The summed E-state index contributed by atoms with van der Waals surface area (Å²) < 4.78 is 4.90. The normalized spacial score (nSPS) is 45.1. The Labute approximate surface area is 182 Å². The largest absolute Gasteiger partial charge is 0.457 e. The molecule has 0 radical (unpaired) electrons. The molecular formula is C23H31ClO6. The number of hydrogen-bond acceptors (Lipinski definition) is 6. The van der Waals surface area contributed by atoms with Crippen LogP contribution in [-0.2, 0) is 19.1 Å². The molecule has 6 nitrogen and oxygen atoms in total. The molecule has 3 fully saturated rings. The van der Waals surface area contributed by atoms with Gasteiger partial charge in [0, 0.05) is 11.8 Å². The van der Waals surface area contributed by atoms with Crippen LogP contribution in [0.5, 0.6) is 0 Å². The second-order valence-electron chi connectivity index (χ2n) is 10.2. The number of fused-ring (bicyclic) bond motifs is 5. The van der Waals surface area contributed by atoms with Crippen LogP contribution in [0.3, 0.4) is 0 Å². The van der Waals surface area contributed by atoms with Gasteiger partial charge in [0.2, 0.25) is 5.78 Å². The molecule has 2 N–H and O–H groups in total. The lowest BCUT2D eigenvalue weighted by atomic mass is 9.45. The van der Waals surface area contributed by atoms with E-state index in [0.29, 0.717) is 25.7 Å². The van der Waals surface area contributed by atoms with Gasteiger partial charge in [-0.15, -0.1) is 11.6 Å². The summed E-state index contributed by atoms with van der Waals surface area (Å²) in [5.74, 6) is -1.07. The minimum absolute atomic E-state index is 0.0233. The summed E-state index contributed by atoms with van der Waals surface area (Å²) in [6, 6.07) is 0. The van der Waals surface area contributed by atoms with Crippen LogP contribution in [0.25, 0.3) is 0 Å². The maximum Gasteiger partial charge on any atom is 0.321 e. The van der Waals surface area contributed by atoms with E-state index in [-0.39, 0.29) is 34.8 Å². The lowest BCUT2D eigenvalue weighted by molar-refractivity contribution is -0.184. The average Bonchev–Trinajstić information content (AvgIpc) is 2.97. The molecule has 0 amide bonds. The van der Waals surface area contributed by atoms with Gasteiger partial charge in [0.25, 0.3) is 0 Å². The zero-order valence-corrected chi connectivity index (χ0v) is 18.4. The van der Waals surface area contributed by atoms with Crippen LogP contribution in [-0.4, -0.2) is 51.9 Å². The Morgan fingerprint density at radius 1 is 1.23 bits per heavy atom. The van der Waals surface area contributed by atoms with E-state index in [1.165, 1.54) is 0 Å². The third-order valence-electron chi connectivity index (χ3n) is 8.98. The highest BCUT2D eigenvalue weighted by atomic mass is 35.5. The number of hydrogen-bond donors (Lipinski definition) is 2. The van der Waals surface area contributed by atoms with Crippen molar-refractivity contribution in [2.75, 3.05) is 12.5 Å². The number of alkyl halides is 1. The highest BCUT2D eigenvalue weighted by molar-refractivity contribution is 6.26. The summed E-state index contributed by atoms with van der Waals surface area (Å²) in [5, 5.41) is 22.8. The first-order chi connectivity index (χ1) is 14.1. The number of allylic oxidation sites excluding steroid dienone is 1. The van der Waals surface area contributed by atoms with E-state index in [1.807, 2.05) is 6.92 Å². The average molecular weight is 439 g/mol. The molecule has 30 heavy (non-hydrogen) atoms. The molecule has 0 aromatic carbocycles. The van der Waals surface area contributed by atoms with Crippen molar-refractivity contribution >= 4 is 29.1 Å². The molecule has 0 unspecified atom stereocenters. The number of carbonyl (C=O) groups excluding carboxylic acids is 3. The minimum atomic E-state index is -1.63. The number of aliphatic hydroxyl groups is 2. The molecular weight excluding hydrogens is 408 g/mol. The van der Waals surface area contributed by atoms with Crippen LogP contribution in [0.1, 0.15) is 58.8 Å². The van der Waals surface area contributed by atoms with Crippen LogP contribution in [0.2, 0.25) is 0 Å². The Bertz CT molecular complexity index is 808. The van der Waals surface area contributed by atoms with E-state index < -0.39 is 35.5 Å². The molecule has 0 spiro atoms. The number of ketones is 2. The smallest absolute Gasteiger partial charge is 0.321 e. The van der Waals surface area contributed by atoms with Crippen molar-refractivity contribution in [2.45, 2.75) is 70.5 Å². The van der Waals surface area contributed by atoms with Crippen molar-refractivity contribution in [3.63, 3.8) is 0 Å². The molecule has 0 bridgehead atoms. The first-order valence-electron chi connectivity index (χ1n) is 11.0. The van der Waals surface area contributed by atoms with Gasteiger partial charge in [-0.05, 0) is 67.8 Å². The Morgan fingerprint density at radius 2 is 1.97 bits per heavy atom. The third-order valence-corrected chi connectivity index (χ3v) is 9.20. The van der Waals surface area contributed by atoms with E-state index in [1.54, 1.807) is 6.08 Å². The Kier molecular flexibility index (Phi) is 5.43. The van der Waals surface area contributed by atoms with Gasteiger partial charge in [0.1, 0.15) is 11.5 Å². The monoisotopic (exact) mass is 438 g/mol. The number of ether oxygens (including phenoxy) is 1. The predicted octanol–water partition coefficient (Wildman–Crippen LogP) is 2.57. The summed E-state index contributed by atoms with van der Waals surface area (Å²) in [5.41, 5.74) is -1.46. The lowest BCUT2D eigenvalue weighted by Crippen LogP contribution is -2.62. The molecule has 4 rings (SSSR count). The van der Waals surface area contributed by atoms with Gasteiger partial charge in [-0.2, -0.15) is 0 Å². The van der Waals surface area contributed by atoms with Crippen LogP contribution >= 0.6 is 11.6 Å². The number of rotatable bonds is 4. The van der Waals surface area contributed by atoms with E-state index in [2.05, 4.69) is 6.92 Å². The molecule has 166 valence electrons. The fourth-order valence-electron chi connectivity index (χ4n) is 7.45. The van der Waals surface area contributed by atoms with Crippen molar-refractivity contribution in [3.8, 4) is 0 Å². The van der Waals surface area contributed by atoms with Crippen molar-refractivity contribution in [3.05, 3.63) is 11.6 Å². The summed E-state index contributed by atoms with van der Waals surface area (Å²) >= 11 is 5.43. The van der Waals surface area contributed by atoms with E-state index in [4.69, 9.17) is 16.3 Å². The lowest BCUT2D eigenvalue weighted by Gasteiger charge is -2.60. The third kappa shape index (κ3) is 3.01. The maximum atomic E-state index is 12.9. The van der Waals surface area contributed by atoms with Gasteiger partial charge in [-0.25, -0.2) is 0 Å². The van der Waals surface area contributed by atoms with Gasteiger partial charge in [0.05, 0.1) is 6.10 Å². The van der Waals surface area contributed by atoms with Gasteiger partial charge in [-0.3, -0.25) is 14.4 Å². The van der Waals surface area contributed by atoms with E-state index >= 15 is 0 Å². The Morgan fingerprint density at radius 3 is 2.67 bits per heavy atom. The van der Waals surface area contributed by atoms with Crippen LogP contribution in [0, 0.1) is 28.6 Å². The van der Waals surface area contributed by atoms with Crippen molar-refractivity contribution in [2.24, 2.45) is 28.6 Å². The van der Waals surface area contributed by atoms with Crippen molar-refractivity contribution < 1.29 is 29.3 Å². The number of Topliss-reactive ketones (excluding diaryl/α,β-unsaturated/α-hetero) is 1. The minimum Gasteiger partial charge on any atom is -0.457 e. The first kappa shape index (κ1) is 22.0. The maximum absolute atomic E-state index is 12.9. The molecule has 7 heteroatoms. The first-order valence-corrected chi connectivity index (χ1v) is 11.5. The molecule has 0 aromatic heterocycles. The van der Waals surface area contributed by atoms with Crippen LogP contribution in [0.4, 0.5) is 0 Å². The van der Waals surface area contributed by atoms with Gasteiger partial charge in [0.15, 0.2) is 12.4 Å². The molecule has 7 atom stereocenters. The number of carbonyl (C=O) groups is 3. The van der Waals surface area contributed by atoms with Crippen LogP contribution in [0.15, 0.2) is 11.6 Å². The molecule has 0 aliphatic heterocycles. The fourth-order valence-corrected chi connectivity index (χ4v) is 7.53. The highest BCUT2D eigenvalue weighted by Gasteiger charge is 2.68. The zero-order valence-electron chi connectivity index (χ0n) is 17.7. The Hall–Kier alpha value is -1.24. The standard InChI is InChI=1S/C23H31ClO6/c1-21-7-5-14(25)9-13(21)3-4-15-16-6-8-23(29,18(27)12-30-19(28)11-24)22(16,2)10-17(26)20(15)21/h9,15-17,20,26,29H,3-8,10-12H2,1-2H3/t15-,16+,17+,20+,21+,22+,23-/m0/s1. The fraction of sp³-hybridized carbons (Fsp3) is 0.783. The van der Waals surface area contributed by atoms with Crippen molar-refractivity contribution in [1.29, 1.82) is 0 Å². The number of halogens is 1. The number of esters is 1. The summed E-state index contributed by atoms with van der Waals surface area (Å²) in [4.78, 5) is 36.3. The molecule has 0 aromatic rings. The van der Waals surface area contributed by atoms with E-state index in [0.717, 1.165) is 24.8 Å². The quantitative estimate of drug-likeness (QED) is 0.516. The zero-order chi connectivity index (χ0) is 21.9. The summed E-state index contributed by atoms with van der Waals surface area (Å²) in [7, 11) is 0. The summed E-state index contributed by atoms with van der Waals surface area (Å²) in [6.07, 6.45) is 5.37. The van der Waals surface area contributed by atoms with Gasteiger partial charge in [-0.1, -0.05) is 19.4 Å². The van der Waals surface area contributed by atoms with Crippen molar-refractivity contribution in [1.82, 2.24) is 0 Å². The topological polar surface area (TPSA) is 101 Å². The van der Waals surface area contributed by atoms with Gasteiger partial charge >= 0.3 is 5.97 Å². The summed E-state index contributed by atoms with van der Waals surface area (Å²) in [6.45, 7) is 3.58. The molecule has 4 aliphatic rings. The van der Waals surface area contributed by atoms with E-state index in [9.17, 15) is 24.6 Å². The highest BCUT2D eigenvalue weighted by Crippen LogP contribution is 2.67. The Balaban J connectivity index is 1.62. The second-order valence-corrected chi connectivity index (χ2v) is 10.5. The predicted molar refractivity (Wildman–Crippen MR) is 110 cm³/mol. The van der Waals surface area contributed by atoms with Gasteiger partial charge < -0.3 is 14.9 Å².